The predicted octanol–water partition coefficient (Wildman–Crippen LogP) is 1.51. The Morgan fingerprint density at radius 1 is 0.950 bits per heavy atom. The molecule has 0 fully saturated rings. The van der Waals surface area contributed by atoms with Crippen LogP contribution in [0.3, 0.4) is 0 Å². The molecule has 1 aromatic rings. The molecule has 4 nitrogen and oxygen atoms in total. The van der Waals surface area contributed by atoms with Crippen molar-refractivity contribution >= 4 is 29.4 Å². The van der Waals surface area contributed by atoms with Gasteiger partial charge >= 0.3 is 0 Å². The number of carbonyl (C=O) groups is 3. The largest absolute Gasteiger partial charge is 0.294 e. The number of thioether (sulfide) groups is 1. The molecule has 0 saturated heterocycles. The van der Waals surface area contributed by atoms with Gasteiger partial charge in [0.2, 0.25) is 0 Å². The predicted molar refractivity (Wildman–Crippen MR) is 72.8 cm³/mol. The molecule has 3 aliphatic rings. The van der Waals surface area contributed by atoms with Gasteiger partial charge in [-0.3, -0.25) is 19.7 Å². The molecule has 1 aliphatic carbocycles. The van der Waals surface area contributed by atoms with E-state index >= 15 is 0 Å². The first kappa shape index (κ1) is 11.7. The molecule has 98 valence electrons. The summed E-state index contributed by atoms with van der Waals surface area (Å²) < 4.78 is 0. The minimum Gasteiger partial charge on any atom is -0.294 e. The summed E-state index contributed by atoms with van der Waals surface area (Å²) in [4.78, 5) is 37.6. The van der Waals surface area contributed by atoms with E-state index in [2.05, 4.69) is 5.32 Å². The van der Waals surface area contributed by atoms with Gasteiger partial charge in [0.15, 0.2) is 5.78 Å². The van der Waals surface area contributed by atoms with Gasteiger partial charge in [-0.1, -0.05) is 30.0 Å². The van der Waals surface area contributed by atoms with E-state index in [0.29, 0.717) is 28.0 Å². The van der Waals surface area contributed by atoms with Gasteiger partial charge in [-0.2, -0.15) is 0 Å². The molecule has 0 unspecified atom stereocenters. The second kappa shape index (κ2) is 3.93. The normalized spacial score (nSPS) is 20.7. The number of carbonyl (C=O) groups excluding carboxylic acids is 3. The molecule has 2 heterocycles. The Labute approximate surface area is 118 Å². The maximum Gasteiger partial charge on any atom is 0.259 e. The van der Waals surface area contributed by atoms with E-state index in [1.165, 1.54) is 11.8 Å². The number of hydrogen-bond donors (Lipinski definition) is 1. The van der Waals surface area contributed by atoms with E-state index in [1.54, 1.807) is 0 Å². The van der Waals surface area contributed by atoms with Crippen LogP contribution in [-0.4, -0.2) is 17.6 Å². The first-order valence-electron chi connectivity index (χ1n) is 6.26. The zero-order chi connectivity index (χ0) is 13.9. The minimum absolute atomic E-state index is 0.0362. The average molecular weight is 283 g/mol. The third-order valence-corrected chi connectivity index (χ3v) is 5.03. The van der Waals surface area contributed by atoms with Gasteiger partial charge in [-0.05, 0) is 11.6 Å². The number of rotatable bonds is 0. The second-order valence-corrected chi connectivity index (χ2v) is 5.98. The Bertz CT molecular complexity index is 773. The number of amides is 2. The van der Waals surface area contributed by atoms with Crippen molar-refractivity contribution in [3.05, 3.63) is 51.5 Å². The second-order valence-electron chi connectivity index (χ2n) is 4.93. The summed E-state index contributed by atoms with van der Waals surface area (Å²) in [6.45, 7) is 0. The molecule has 0 aromatic heterocycles. The van der Waals surface area contributed by atoms with Gasteiger partial charge in [0.05, 0.1) is 5.57 Å². The first-order chi connectivity index (χ1) is 9.65. The number of fused-ring (bicyclic) bond motifs is 2. The van der Waals surface area contributed by atoms with Crippen molar-refractivity contribution in [3.8, 4) is 0 Å². The van der Waals surface area contributed by atoms with Crippen molar-refractivity contribution in [3.63, 3.8) is 0 Å². The molecule has 2 amide bonds. The van der Waals surface area contributed by atoms with Crippen molar-refractivity contribution in [1.82, 2.24) is 5.32 Å². The Kier molecular flexibility index (Phi) is 2.29. The van der Waals surface area contributed by atoms with Gasteiger partial charge in [-0.25, -0.2) is 0 Å². The van der Waals surface area contributed by atoms with Crippen molar-refractivity contribution in [2.45, 2.75) is 17.7 Å². The average Bonchev–Trinajstić information content (AvgIpc) is 2.72. The van der Waals surface area contributed by atoms with Gasteiger partial charge in [-0.15, -0.1) is 0 Å². The number of benzene rings is 1. The highest BCUT2D eigenvalue weighted by atomic mass is 32.2. The Morgan fingerprint density at radius 3 is 2.60 bits per heavy atom. The molecule has 0 spiro atoms. The van der Waals surface area contributed by atoms with E-state index in [0.717, 1.165) is 10.5 Å². The van der Waals surface area contributed by atoms with E-state index in [1.807, 2.05) is 24.3 Å². The molecule has 0 atom stereocenters. The topological polar surface area (TPSA) is 63.2 Å². The number of Topliss-reactive ketones (excluding diaryl/α,β-unsaturated/α-hetero) is 1. The van der Waals surface area contributed by atoms with Crippen LogP contribution in [0.4, 0.5) is 0 Å². The standard InChI is InChI=1S/C15H9NO3S/c17-10-6-9-12(15(19)16-14(9)18)13-8(10)5-7-3-1-2-4-11(7)20-13/h1-4H,5-6H2,(H,16,18,19). The van der Waals surface area contributed by atoms with Crippen LogP contribution in [0.15, 0.2) is 50.8 Å². The van der Waals surface area contributed by atoms with Crippen LogP contribution in [0.25, 0.3) is 0 Å². The molecular weight excluding hydrogens is 274 g/mol. The van der Waals surface area contributed by atoms with Gasteiger partial charge in [0.25, 0.3) is 11.8 Å². The smallest absolute Gasteiger partial charge is 0.259 e. The molecule has 5 heteroatoms. The summed E-state index contributed by atoms with van der Waals surface area (Å²) in [5, 5.41) is 2.28. The summed E-state index contributed by atoms with van der Waals surface area (Å²) >= 11 is 1.41. The van der Waals surface area contributed by atoms with E-state index in [4.69, 9.17) is 0 Å². The fourth-order valence-electron chi connectivity index (χ4n) is 2.79. The maximum atomic E-state index is 12.2. The van der Waals surface area contributed by atoms with Gasteiger partial charge < -0.3 is 0 Å². The summed E-state index contributed by atoms with van der Waals surface area (Å²) in [5.74, 6) is -0.855. The lowest BCUT2D eigenvalue weighted by atomic mass is 9.88. The van der Waals surface area contributed by atoms with Crippen LogP contribution in [-0.2, 0) is 20.8 Å². The molecule has 0 radical (unpaired) electrons. The van der Waals surface area contributed by atoms with Crippen molar-refractivity contribution < 1.29 is 14.4 Å². The van der Waals surface area contributed by atoms with Crippen LogP contribution < -0.4 is 5.32 Å². The number of hydrogen-bond acceptors (Lipinski definition) is 4. The summed E-state index contributed by atoms with van der Waals surface area (Å²) in [7, 11) is 0. The van der Waals surface area contributed by atoms with Crippen LogP contribution in [0, 0.1) is 0 Å². The zero-order valence-corrected chi connectivity index (χ0v) is 11.2. The van der Waals surface area contributed by atoms with E-state index in [9.17, 15) is 14.4 Å². The molecule has 4 rings (SSSR count). The van der Waals surface area contributed by atoms with Crippen molar-refractivity contribution in [1.29, 1.82) is 0 Å². The molecule has 0 bridgehead atoms. The Balaban J connectivity index is 1.90. The molecular formula is C15H9NO3S. The molecule has 1 aromatic carbocycles. The number of allylic oxidation sites excluding steroid dienone is 1. The number of ketones is 1. The van der Waals surface area contributed by atoms with Crippen molar-refractivity contribution in [2.75, 3.05) is 0 Å². The Hall–Kier alpha value is -2.14. The fourth-order valence-corrected chi connectivity index (χ4v) is 4.05. The summed E-state index contributed by atoms with van der Waals surface area (Å²) in [6, 6.07) is 7.83. The highest BCUT2D eigenvalue weighted by molar-refractivity contribution is 8.03. The van der Waals surface area contributed by atoms with Gasteiger partial charge in [0.1, 0.15) is 0 Å². The third-order valence-electron chi connectivity index (χ3n) is 3.76. The monoisotopic (exact) mass is 283 g/mol. The lowest BCUT2D eigenvalue weighted by Gasteiger charge is -2.25. The quantitative estimate of drug-likeness (QED) is 0.733. The highest BCUT2D eigenvalue weighted by Gasteiger charge is 2.41. The summed E-state index contributed by atoms with van der Waals surface area (Å²) in [6.07, 6.45) is 0.573. The number of nitrogens with one attached hydrogen (secondary N) is 1. The highest BCUT2D eigenvalue weighted by Crippen LogP contribution is 2.46. The molecule has 1 N–H and O–H groups in total. The SMILES string of the molecule is O=C1CC2=C(C(=O)NC2=O)C2=C1Cc1ccccc1S2. The van der Waals surface area contributed by atoms with Crippen LogP contribution in [0.1, 0.15) is 12.0 Å². The Morgan fingerprint density at radius 2 is 1.75 bits per heavy atom. The van der Waals surface area contributed by atoms with Crippen LogP contribution >= 0.6 is 11.8 Å². The molecule has 2 aliphatic heterocycles. The third kappa shape index (κ3) is 1.47. The van der Waals surface area contributed by atoms with E-state index < -0.39 is 5.91 Å². The van der Waals surface area contributed by atoms with Crippen molar-refractivity contribution in [2.24, 2.45) is 0 Å². The molecule has 0 saturated carbocycles. The van der Waals surface area contributed by atoms with Crippen LogP contribution in [0.5, 0.6) is 0 Å². The van der Waals surface area contributed by atoms with E-state index in [-0.39, 0.29) is 18.1 Å². The minimum atomic E-state index is -0.427. The lowest BCUT2D eigenvalue weighted by Crippen LogP contribution is -2.23. The van der Waals surface area contributed by atoms with Gasteiger partial charge in [0, 0.05) is 33.8 Å². The number of imide groups is 1. The lowest BCUT2D eigenvalue weighted by molar-refractivity contribution is -0.124. The fraction of sp³-hybridized carbons (Fsp3) is 0.133. The zero-order valence-electron chi connectivity index (χ0n) is 10.4. The summed E-state index contributed by atoms with van der Waals surface area (Å²) in [5.41, 5.74) is 2.49. The maximum absolute atomic E-state index is 12.2. The van der Waals surface area contributed by atoms with Crippen LogP contribution in [0.2, 0.25) is 0 Å². The first-order valence-corrected chi connectivity index (χ1v) is 7.08. The molecule has 20 heavy (non-hydrogen) atoms.